The van der Waals surface area contributed by atoms with Crippen LogP contribution >= 0.6 is 0 Å². The smallest absolute Gasteiger partial charge is 0.303 e. The van der Waals surface area contributed by atoms with Gasteiger partial charge in [-0.05, 0) is 55.2 Å². The maximum Gasteiger partial charge on any atom is 0.303 e. The van der Waals surface area contributed by atoms with Gasteiger partial charge in [-0.25, -0.2) is 0 Å². The zero-order valence-corrected chi connectivity index (χ0v) is 11.9. The summed E-state index contributed by atoms with van der Waals surface area (Å²) in [6, 6.07) is 6.60. The van der Waals surface area contributed by atoms with Crippen LogP contribution in [-0.4, -0.2) is 11.1 Å². The molecule has 0 aromatic heterocycles. The Morgan fingerprint density at radius 2 is 1.89 bits per heavy atom. The Balaban J connectivity index is 2.77. The SMILES string of the molecule is Cc1ccc(C(CCCC(=O)O)C(C)C)cc1C. The molecule has 0 amide bonds. The van der Waals surface area contributed by atoms with Gasteiger partial charge >= 0.3 is 5.97 Å². The summed E-state index contributed by atoms with van der Waals surface area (Å²) < 4.78 is 0. The number of carboxylic acid groups (broad SMARTS) is 1. The number of carboxylic acids is 1. The van der Waals surface area contributed by atoms with Crippen LogP contribution in [0.15, 0.2) is 18.2 Å². The first kappa shape index (κ1) is 14.7. The van der Waals surface area contributed by atoms with E-state index >= 15 is 0 Å². The molecule has 0 aliphatic carbocycles. The Morgan fingerprint density at radius 3 is 2.39 bits per heavy atom. The van der Waals surface area contributed by atoms with Gasteiger partial charge in [0, 0.05) is 6.42 Å². The van der Waals surface area contributed by atoms with Gasteiger partial charge < -0.3 is 5.11 Å². The third-order valence-electron chi connectivity index (χ3n) is 3.67. The van der Waals surface area contributed by atoms with E-state index in [9.17, 15) is 4.79 Å². The molecule has 2 nitrogen and oxygen atoms in total. The molecule has 1 rings (SSSR count). The van der Waals surface area contributed by atoms with Gasteiger partial charge in [-0.3, -0.25) is 4.79 Å². The van der Waals surface area contributed by atoms with E-state index in [1.165, 1.54) is 16.7 Å². The first-order valence-electron chi connectivity index (χ1n) is 6.70. The summed E-state index contributed by atoms with van der Waals surface area (Å²) >= 11 is 0. The number of aryl methyl sites for hydroxylation is 2. The van der Waals surface area contributed by atoms with E-state index in [-0.39, 0.29) is 6.42 Å². The molecule has 0 aliphatic rings. The zero-order valence-electron chi connectivity index (χ0n) is 11.9. The lowest BCUT2D eigenvalue weighted by molar-refractivity contribution is -0.137. The van der Waals surface area contributed by atoms with Crippen molar-refractivity contribution in [3.63, 3.8) is 0 Å². The minimum atomic E-state index is -0.697. The van der Waals surface area contributed by atoms with E-state index in [0.717, 1.165) is 12.8 Å². The quantitative estimate of drug-likeness (QED) is 0.815. The van der Waals surface area contributed by atoms with E-state index in [4.69, 9.17) is 5.11 Å². The summed E-state index contributed by atoms with van der Waals surface area (Å²) in [4.78, 5) is 10.6. The fraction of sp³-hybridized carbons (Fsp3) is 0.562. The minimum absolute atomic E-state index is 0.272. The molecule has 0 radical (unpaired) electrons. The van der Waals surface area contributed by atoms with Crippen molar-refractivity contribution in [3.8, 4) is 0 Å². The number of aliphatic carboxylic acids is 1. The fourth-order valence-corrected chi connectivity index (χ4v) is 2.35. The Morgan fingerprint density at radius 1 is 1.22 bits per heavy atom. The molecule has 1 unspecified atom stereocenters. The highest BCUT2D eigenvalue weighted by molar-refractivity contribution is 5.66. The topological polar surface area (TPSA) is 37.3 Å². The maximum atomic E-state index is 10.6. The monoisotopic (exact) mass is 248 g/mol. The third-order valence-corrected chi connectivity index (χ3v) is 3.67. The van der Waals surface area contributed by atoms with E-state index < -0.39 is 5.97 Å². The maximum absolute atomic E-state index is 10.6. The second-order valence-corrected chi connectivity index (χ2v) is 5.48. The summed E-state index contributed by atoms with van der Waals surface area (Å²) in [6.45, 7) is 8.67. The van der Waals surface area contributed by atoms with Crippen LogP contribution in [0, 0.1) is 19.8 Å². The van der Waals surface area contributed by atoms with Crippen molar-refractivity contribution in [3.05, 3.63) is 34.9 Å². The van der Waals surface area contributed by atoms with Crippen LogP contribution in [0.2, 0.25) is 0 Å². The number of hydrogen-bond acceptors (Lipinski definition) is 1. The van der Waals surface area contributed by atoms with Gasteiger partial charge in [-0.2, -0.15) is 0 Å². The number of benzene rings is 1. The molecular formula is C16H24O2. The Hall–Kier alpha value is -1.31. The van der Waals surface area contributed by atoms with Crippen molar-refractivity contribution in [2.45, 2.75) is 52.9 Å². The predicted molar refractivity (Wildman–Crippen MR) is 75.0 cm³/mol. The van der Waals surface area contributed by atoms with Crippen LogP contribution < -0.4 is 0 Å². The summed E-state index contributed by atoms with van der Waals surface area (Å²) in [5, 5.41) is 8.72. The summed E-state index contributed by atoms with van der Waals surface area (Å²) in [5.74, 6) is 0.308. The fourth-order valence-electron chi connectivity index (χ4n) is 2.35. The third kappa shape index (κ3) is 4.17. The zero-order chi connectivity index (χ0) is 13.7. The Bertz CT molecular complexity index is 408. The van der Waals surface area contributed by atoms with Crippen LogP contribution in [0.4, 0.5) is 0 Å². The predicted octanol–water partition coefficient (Wildman–Crippen LogP) is 4.30. The minimum Gasteiger partial charge on any atom is -0.481 e. The molecule has 1 aromatic rings. The Labute approximate surface area is 110 Å². The molecule has 0 saturated carbocycles. The van der Waals surface area contributed by atoms with E-state index in [0.29, 0.717) is 11.8 Å². The second-order valence-electron chi connectivity index (χ2n) is 5.48. The van der Waals surface area contributed by atoms with E-state index in [1.54, 1.807) is 0 Å². The van der Waals surface area contributed by atoms with Crippen molar-refractivity contribution >= 4 is 5.97 Å². The lowest BCUT2D eigenvalue weighted by Gasteiger charge is -2.22. The van der Waals surface area contributed by atoms with Gasteiger partial charge in [0.2, 0.25) is 0 Å². The average Bonchev–Trinajstić information content (AvgIpc) is 2.27. The van der Waals surface area contributed by atoms with Gasteiger partial charge in [0.15, 0.2) is 0 Å². The molecule has 1 N–H and O–H groups in total. The molecule has 0 spiro atoms. The summed E-state index contributed by atoms with van der Waals surface area (Å²) in [6.07, 6.45) is 1.98. The van der Waals surface area contributed by atoms with Crippen molar-refractivity contribution in [1.29, 1.82) is 0 Å². The highest BCUT2D eigenvalue weighted by atomic mass is 16.4. The molecule has 18 heavy (non-hydrogen) atoms. The van der Waals surface area contributed by atoms with Crippen molar-refractivity contribution in [1.82, 2.24) is 0 Å². The van der Waals surface area contributed by atoms with Crippen molar-refractivity contribution in [2.75, 3.05) is 0 Å². The molecular weight excluding hydrogens is 224 g/mol. The molecule has 1 aromatic carbocycles. The molecule has 0 bridgehead atoms. The van der Waals surface area contributed by atoms with Crippen LogP contribution in [0.1, 0.15) is 55.7 Å². The molecule has 0 aliphatic heterocycles. The van der Waals surface area contributed by atoms with Crippen molar-refractivity contribution in [2.24, 2.45) is 5.92 Å². The van der Waals surface area contributed by atoms with E-state index in [2.05, 4.69) is 45.9 Å². The number of hydrogen-bond donors (Lipinski definition) is 1. The van der Waals surface area contributed by atoms with Crippen molar-refractivity contribution < 1.29 is 9.90 Å². The Kier molecular flexibility index (Phi) is 5.39. The lowest BCUT2D eigenvalue weighted by Crippen LogP contribution is -2.08. The second kappa shape index (κ2) is 6.58. The normalized spacial score (nSPS) is 12.7. The van der Waals surface area contributed by atoms with E-state index in [1.807, 2.05) is 0 Å². The van der Waals surface area contributed by atoms with Gasteiger partial charge in [-0.1, -0.05) is 32.0 Å². The number of carbonyl (C=O) groups is 1. The van der Waals surface area contributed by atoms with Gasteiger partial charge in [0.1, 0.15) is 0 Å². The van der Waals surface area contributed by atoms with Crippen LogP contribution in [0.5, 0.6) is 0 Å². The number of rotatable bonds is 6. The molecule has 1 atom stereocenters. The first-order chi connectivity index (χ1) is 8.41. The molecule has 0 heterocycles. The lowest BCUT2D eigenvalue weighted by atomic mass is 9.83. The molecule has 0 saturated heterocycles. The molecule has 2 heteroatoms. The van der Waals surface area contributed by atoms with Gasteiger partial charge in [-0.15, -0.1) is 0 Å². The standard InChI is InChI=1S/C16H24O2/c1-11(2)15(6-5-7-16(17)18)14-9-8-12(3)13(4)10-14/h8-11,15H,5-7H2,1-4H3,(H,17,18). The van der Waals surface area contributed by atoms with Gasteiger partial charge in [0.25, 0.3) is 0 Å². The van der Waals surface area contributed by atoms with Crippen LogP contribution in [0.25, 0.3) is 0 Å². The average molecular weight is 248 g/mol. The summed E-state index contributed by atoms with van der Waals surface area (Å²) in [5.41, 5.74) is 3.97. The molecule has 100 valence electrons. The summed E-state index contributed by atoms with van der Waals surface area (Å²) in [7, 11) is 0. The highest BCUT2D eigenvalue weighted by Gasteiger charge is 2.16. The van der Waals surface area contributed by atoms with Crippen LogP contribution in [-0.2, 0) is 4.79 Å². The molecule has 0 fully saturated rings. The first-order valence-corrected chi connectivity index (χ1v) is 6.70. The van der Waals surface area contributed by atoms with Gasteiger partial charge in [0.05, 0.1) is 0 Å². The largest absolute Gasteiger partial charge is 0.481 e. The van der Waals surface area contributed by atoms with Crippen LogP contribution in [0.3, 0.4) is 0 Å². The highest BCUT2D eigenvalue weighted by Crippen LogP contribution is 2.30.